The molecule has 0 spiro atoms. The van der Waals surface area contributed by atoms with Gasteiger partial charge in [-0.05, 0) is 49.4 Å². The van der Waals surface area contributed by atoms with Gasteiger partial charge in [0.1, 0.15) is 17.7 Å². The lowest BCUT2D eigenvalue weighted by molar-refractivity contribution is 0.0992. The van der Waals surface area contributed by atoms with Gasteiger partial charge in [0.15, 0.2) is 0 Å². The lowest BCUT2D eigenvalue weighted by atomic mass is 10.1. The molecule has 136 valence electrons. The largest absolute Gasteiger partial charge is 0.494 e. The maximum absolute atomic E-state index is 13.0. The van der Waals surface area contributed by atoms with Crippen LogP contribution in [0.15, 0.2) is 66.9 Å². The van der Waals surface area contributed by atoms with E-state index in [1.54, 1.807) is 23.2 Å². The smallest absolute Gasteiger partial charge is 0.261 e. The number of hydrogen-bond acceptors (Lipinski definition) is 4. The van der Waals surface area contributed by atoms with E-state index in [0.717, 1.165) is 17.0 Å². The Hall–Kier alpha value is -3.05. The molecule has 0 bridgehead atoms. The molecule has 0 aliphatic carbocycles. The van der Waals surface area contributed by atoms with Crippen LogP contribution in [0.3, 0.4) is 0 Å². The Morgan fingerprint density at radius 3 is 2.59 bits per heavy atom. The Morgan fingerprint density at radius 1 is 1.11 bits per heavy atom. The fourth-order valence-electron chi connectivity index (χ4n) is 3.18. The summed E-state index contributed by atoms with van der Waals surface area (Å²) in [5, 5.41) is 3.96. The van der Waals surface area contributed by atoms with Crippen LogP contribution in [0.4, 0.5) is 11.5 Å². The van der Waals surface area contributed by atoms with E-state index < -0.39 is 0 Å². The lowest BCUT2D eigenvalue weighted by Gasteiger charge is -2.26. The van der Waals surface area contributed by atoms with Crippen molar-refractivity contribution in [1.29, 1.82) is 0 Å². The lowest BCUT2D eigenvalue weighted by Crippen LogP contribution is -2.32. The standard InChI is InChI=1S/C21H18ClN3O2/c1-2-27-16-10-8-15(9-11-16)24-20-17-5-3-4-6-18(17)21(26)25(20)19-12-7-14(22)13-23-19/h3-13,20,24H,2H2,1H3. The van der Waals surface area contributed by atoms with E-state index in [4.69, 9.17) is 16.3 Å². The molecule has 1 aromatic heterocycles. The van der Waals surface area contributed by atoms with Gasteiger partial charge in [-0.1, -0.05) is 29.8 Å². The number of carbonyl (C=O) groups is 1. The number of hydrogen-bond donors (Lipinski definition) is 1. The zero-order valence-electron chi connectivity index (χ0n) is 14.7. The summed E-state index contributed by atoms with van der Waals surface area (Å²) >= 11 is 5.96. The number of ether oxygens (including phenoxy) is 1. The van der Waals surface area contributed by atoms with Crippen LogP contribution < -0.4 is 15.0 Å². The number of anilines is 2. The van der Waals surface area contributed by atoms with E-state index in [1.165, 1.54) is 0 Å². The van der Waals surface area contributed by atoms with E-state index in [2.05, 4.69) is 10.3 Å². The van der Waals surface area contributed by atoms with Crippen LogP contribution in [0.2, 0.25) is 5.02 Å². The third-order valence-corrected chi connectivity index (χ3v) is 4.61. The van der Waals surface area contributed by atoms with Crippen molar-refractivity contribution in [2.24, 2.45) is 0 Å². The van der Waals surface area contributed by atoms with Crippen LogP contribution in [0.1, 0.15) is 29.0 Å². The topological polar surface area (TPSA) is 54.5 Å². The van der Waals surface area contributed by atoms with Crippen LogP contribution >= 0.6 is 11.6 Å². The Bertz CT molecular complexity index is 958. The fourth-order valence-corrected chi connectivity index (χ4v) is 3.29. The van der Waals surface area contributed by atoms with Crippen molar-refractivity contribution >= 4 is 29.0 Å². The highest BCUT2D eigenvalue weighted by Crippen LogP contribution is 2.37. The van der Waals surface area contributed by atoms with E-state index in [1.807, 2.05) is 55.5 Å². The predicted molar refractivity (Wildman–Crippen MR) is 106 cm³/mol. The molecular weight excluding hydrogens is 362 g/mol. The first-order valence-electron chi connectivity index (χ1n) is 8.71. The van der Waals surface area contributed by atoms with E-state index in [9.17, 15) is 4.79 Å². The number of nitrogens with zero attached hydrogens (tertiary/aromatic N) is 2. The minimum atomic E-state index is -0.361. The predicted octanol–water partition coefficient (Wildman–Crippen LogP) is 4.90. The molecule has 5 nitrogen and oxygen atoms in total. The second kappa shape index (κ2) is 7.29. The molecule has 0 fully saturated rings. The van der Waals surface area contributed by atoms with Crippen molar-refractivity contribution < 1.29 is 9.53 Å². The number of amides is 1. The summed E-state index contributed by atoms with van der Waals surface area (Å²) in [4.78, 5) is 19.0. The van der Waals surface area contributed by atoms with Gasteiger partial charge in [-0.15, -0.1) is 0 Å². The summed E-state index contributed by atoms with van der Waals surface area (Å²) in [5.41, 5.74) is 2.46. The number of fused-ring (bicyclic) bond motifs is 1. The maximum Gasteiger partial charge on any atom is 0.261 e. The molecule has 0 saturated carbocycles. The Morgan fingerprint density at radius 2 is 1.89 bits per heavy atom. The average molecular weight is 380 g/mol. The second-order valence-electron chi connectivity index (χ2n) is 6.10. The molecule has 1 aliphatic rings. The zero-order valence-corrected chi connectivity index (χ0v) is 15.5. The van der Waals surface area contributed by atoms with Crippen molar-refractivity contribution in [2.45, 2.75) is 13.1 Å². The molecule has 4 rings (SSSR count). The minimum Gasteiger partial charge on any atom is -0.494 e. The van der Waals surface area contributed by atoms with Gasteiger partial charge in [-0.25, -0.2) is 4.98 Å². The average Bonchev–Trinajstić information content (AvgIpc) is 2.97. The third-order valence-electron chi connectivity index (χ3n) is 4.39. The first-order chi connectivity index (χ1) is 13.2. The number of rotatable bonds is 5. The molecule has 2 heterocycles. The normalized spacial score (nSPS) is 15.6. The van der Waals surface area contributed by atoms with Crippen LogP contribution in [0, 0.1) is 0 Å². The van der Waals surface area contributed by atoms with E-state index >= 15 is 0 Å². The molecule has 1 atom stereocenters. The van der Waals surface area contributed by atoms with E-state index in [0.29, 0.717) is 23.0 Å². The van der Waals surface area contributed by atoms with Crippen LogP contribution in [-0.2, 0) is 0 Å². The van der Waals surface area contributed by atoms with Gasteiger partial charge in [0.05, 0.1) is 11.6 Å². The highest BCUT2D eigenvalue weighted by molar-refractivity contribution is 6.30. The first-order valence-corrected chi connectivity index (χ1v) is 9.08. The summed E-state index contributed by atoms with van der Waals surface area (Å²) in [5.74, 6) is 1.26. The summed E-state index contributed by atoms with van der Waals surface area (Å²) in [6.07, 6.45) is 1.18. The van der Waals surface area contributed by atoms with Crippen molar-refractivity contribution in [2.75, 3.05) is 16.8 Å². The number of carbonyl (C=O) groups excluding carboxylic acids is 1. The fraction of sp³-hybridized carbons (Fsp3) is 0.143. The van der Waals surface area contributed by atoms with Crippen molar-refractivity contribution in [1.82, 2.24) is 4.98 Å². The number of nitrogens with one attached hydrogen (secondary N) is 1. The van der Waals surface area contributed by atoms with Crippen LogP contribution in [0.25, 0.3) is 0 Å². The molecule has 1 unspecified atom stereocenters. The highest BCUT2D eigenvalue weighted by atomic mass is 35.5. The molecular formula is C21H18ClN3O2. The van der Waals surface area contributed by atoms with Crippen molar-refractivity contribution in [3.8, 4) is 5.75 Å². The summed E-state index contributed by atoms with van der Waals surface area (Å²) < 4.78 is 5.49. The number of benzene rings is 2. The molecule has 0 radical (unpaired) electrons. The number of pyridine rings is 1. The summed E-state index contributed by atoms with van der Waals surface area (Å²) in [6.45, 7) is 2.57. The van der Waals surface area contributed by atoms with Gasteiger partial charge in [0.25, 0.3) is 5.91 Å². The van der Waals surface area contributed by atoms with Gasteiger partial charge in [-0.2, -0.15) is 0 Å². The van der Waals surface area contributed by atoms with Gasteiger partial charge >= 0.3 is 0 Å². The molecule has 0 saturated heterocycles. The highest BCUT2D eigenvalue weighted by Gasteiger charge is 2.38. The van der Waals surface area contributed by atoms with Crippen LogP contribution in [-0.4, -0.2) is 17.5 Å². The minimum absolute atomic E-state index is 0.0936. The van der Waals surface area contributed by atoms with Gasteiger partial charge in [0.2, 0.25) is 0 Å². The van der Waals surface area contributed by atoms with Gasteiger partial charge in [0, 0.05) is 23.0 Å². The third kappa shape index (κ3) is 3.34. The Balaban J connectivity index is 1.70. The maximum atomic E-state index is 13.0. The number of halogens is 1. The monoisotopic (exact) mass is 379 g/mol. The molecule has 3 aromatic rings. The first kappa shape index (κ1) is 17.4. The van der Waals surface area contributed by atoms with Crippen molar-refractivity contribution in [3.63, 3.8) is 0 Å². The zero-order chi connectivity index (χ0) is 18.8. The van der Waals surface area contributed by atoms with Crippen LogP contribution in [0.5, 0.6) is 5.75 Å². The quantitative estimate of drug-likeness (QED) is 0.684. The summed E-state index contributed by atoms with van der Waals surface area (Å²) in [7, 11) is 0. The number of aromatic nitrogens is 1. The molecule has 6 heteroatoms. The molecule has 1 N–H and O–H groups in total. The SMILES string of the molecule is CCOc1ccc(NC2c3ccccc3C(=O)N2c2ccc(Cl)cn2)cc1. The van der Waals surface area contributed by atoms with Gasteiger partial charge in [-0.3, -0.25) is 9.69 Å². The Kier molecular flexibility index (Phi) is 4.69. The Labute approximate surface area is 162 Å². The van der Waals surface area contributed by atoms with E-state index in [-0.39, 0.29) is 12.1 Å². The summed E-state index contributed by atoms with van der Waals surface area (Å²) in [6, 6.07) is 18.7. The molecule has 2 aromatic carbocycles. The molecule has 27 heavy (non-hydrogen) atoms. The second-order valence-corrected chi connectivity index (χ2v) is 6.54. The molecule has 1 aliphatic heterocycles. The molecule has 1 amide bonds. The van der Waals surface area contributed by atoms with Gasteiger partial charge < -0.3 is 10.1 Å². The van der Waals surface area contributed by atoms with Crippen molar-refractivity contribution in [3.05, 3.63) is 83.0 Å².